The fourth-order valence-electron chi connectivity index (χ4n) is 2.03. The van der Waals surface area contributed by atoms with Crippen molar-refractivity contribution in [1.82, 2.24) is 15.2 Å². The van der Waals surface area contributed by atoms with E-state index < -0.39 is 0 Å². The van der Waals surface area contributed by atoms with E-state index >= 15 is 0 Å². The molecule has 0 spiro atoms. The first-order valence-corrected chi connectivity index (χ1v) is 7.15. The summed E-state index contributed by atoms with van der Waals surface area (Å²) in [5, 5.41) is 23.0. The molecule has 0 fully saturated rings. The van der Waals surface area contributed by atoms with Gasteiger partial charge in [0.15, 0.2) is 5.82 Å². The molecule has 0 aliphatic rings. The van der Waals surface area contributed by atoms with Crippen molar-refractivity contribution in [2.45, 2.75) is 0 Å². The van der Waals surface area contributed by atoms with Gasteiger partial charge in [-0.2, -0.15) is 15.3 Å². The zero-order valence-electron chi connectivity index (χ0n) is 12.9. The van der Waals surface area contributed by atoms with E-state index in [9.17, 15) is 0 Å². The summed E-state index contributed by atoms with van der Waals surface area (Å²) in [5.74, 6) is 1.67. The van der Waals surface area contributed by atoms with E-state index in [1.54, 1.807) is 25.3 Å². The molecule has 2 N–H and O–H groups in total. The molecule has 0 aliphatic heterocycles. The van der Waals surface area contributed by atoms with Gasteiger partial charge in [-0.25, -0.2) is 0 Å². The minimum atomic E-state index is 0.337. The van der Waals surface area contributed by atoms with Crippen molar-refractivity contribution in [3.63, 3.8) is 0 Å². The Kier molecular flexibility index (Phi) is 4.49. The van der Waals surface area contributed by atoms with Gasteiger partial charge in [-0.05, 0) is 42.5 Å². The fourth-order valence-corrected chi connectivity index (χ4v) is 2.03. The molecule has 24 heavy (non-hydrogen) atoms. The maximum Gasteiger partial charge on any atom is 0.249 e. The molecule has 1 heterocycles. The summed E-state index contributed by atoms with van der Waals surface area (Å²) in [6, 6.07) is 16.6. The molecule has 1 aromatic heterocycles. The molecule has 2 aromatic carbocycles. The molecule has 0 saturated heterocycles. The summed E-state index contributed by atoms with van der Waals surface area (Å²) < 4.78 is 5.13. The van der Waals surface area contributed by atoms with Crippen LogP contribution in [0.3, 0.4) is 0 Å². The second kappa shape index (κ2) is 7.07. The van der Waals surface area contributed by atoms with Gasteiger partial charge in [-0.1, -0.05) is 6.07 Å². The zero-order chi connectivity index (χ0) is 16.8. The van der Waals surface area contributed by atoms with Gasteiger partial charge in [-0.3, -0.25) is 0 Å². The largest absolute Gasteiger partial charge is 0.497 e. The first-order valence-electron chi connectivity index (χ1n) is 7.15. The van der Waals surface area contributed by atoms with Crippen LogP contribution in [-0.4, -0.2) is 22.3 Å². The highest BCUT2D eigenvalue weighted by atomic mass is 16.5. The molecule has 0 radical (unpaired) electrons. The number of hydrogen-bond acceptors (Lipinski definition) is 7. The molecule has 0 bridgehead atoms. The molecule has 0 aliphatic carbocycles. The van der Waals surface area contributed by atoms with E-state index in [2.05, 4.69) is 31.9 Å². The van der Waals surface area contributed by atoms with E-state index in [1.165, 1.54) is 6.20 Å². The average molecular weight is 318 g/mol. The highest BCUT2D eigenvalue weighted by Gasteiger charge is 2.03. The standard InChI is InChI=1S/C17H14N6O/c1-24-15-7-5-13(6-8-15)20-16-11-19-23-17(22-16)21-14-4-2-3-12(9-14)10-18/h2-9,11H,1H3,(H2,20,21,22,23). The number of rotatable bonds is 5. The van der Waals surface area contributed by atoms with Crippen LogP contribution in [0.25, 0.3) is 0 Å². The van der Waals surface area contributed by atoms with Crippen molar-refractivity contribution in [2.75, 3.05) is 17.7 Å². The van der Waals surface area contributed by atoms with Gasteiger partial charge in [0.2, 0.25) is 5.95 Å². The Labute approximate surface area is 139 Å². The molecule has 118 valence electrons. The second-order valence-corrected chi connectivity index (χ2v) is 4.84. The smallest absolute Gasteiger partial charge is 0.249 e. The van der Waals surface area contributed by atoms with E-state index in [0.29, 0.717) is 17.3 Å². The van der Waals surface area contributed by atoms with Crippen LogP contribution in [0, 0.1) is 11.3 Å². The van der Waals surface area contributed by atoms with Gasteiger partial charge in [-0.15, -0.1) is 5.10 Å². The van der Waals surface area contributed by atoms with Crippen LogP contribution >= 0.6 is 0 Å². The maximum absolute atomic E-state index is 8.93. The Bertz CT molecular complexity index is 873. The topological polar surface area (TPSA) is 95.8 Å². The van der Waals surface area contributed by atoms with Gasteiger partial charge in [0.05, 0.1) is 24.9 Å². The number of ether oxygens (including phenoxy) is 1. The van der Waals surface area contributed by atoms with Crippen molar-refractivity contribution in [3.05, 3.63) is 60.3 Å². The lowest BCUT2D eigenvalue weighted by Gasteiger charge is -2.08. The number of hydrogen-bond donors (Lipinski definition) is 2. The Balaban J connectivity index is 1.74. The van der Waals surface area contributed by atoms with E-state index in [0.717, 1.165) is 17.1 Å². The number of anilines is 4. The summed E-state index contributed by atoms with van der Waals surface area (Å²) in [4.78, 5) is 4.35. The fraction of sp³-hybridized carbons (Fsp3) is 0.0588. The molecule has 0 unspecified atom stereocenters. The van der Waals surface area contributed by atoms with Gasteiger partial charge < -0.3 is 15.4 Å². The lowest BCUT2D eigenvalue weighted by molar-refractivity contribution is 0.415. The minimum absolute atomic E-state index is 0.337. The van der Waals surface area contributed by atoms with Crippen LogP contribution in [0.5, 0.6) is 5.75 Å². The monoisotopic (exact) mass is 318 g/mol. The molecule has 7 heteroatoms. The first kappa shape index (κ1) is 15.2. The van der Waals surface area contributed by atoms with Crippen LogP contribution in [-0.2, 0) is 0 Å². The Morgan fingerprint density at radius 3 is 2.62 bits per heavy atom. The van der Waals surface area contributed by atoms with Crippen molar-refractivity contribution in [3.8, 4) is 11.8 Å². The van der Waals surface area contributed by atoms with Crippen molar-refractivity contribution < 1.29 is 4.74 Å². The predicted molar refractivity (Wildman–Crippen MR) is 90.5 cm³/mol. The number of methoxy groups -OCH3 is 1. The van der Waals surface area contributed by atoms with E-state index in [4.69, 9.17) is 10.00 Å². The highest BCUT2D eigenvalue weighted by Crippen LogP contribution is 2.19. The summed E-state index contributed by atoms with van der Waals surface area (Å²) in [5.41, 5.74) is 2.13. The van der Waals surface area contributed by atoms with Crippen LogP contribution in [0.2, 0.25) is 0 Å². The second-order valence-electron chi connectivity index (χ2n) is 4.84. The highest BCUT2D eigenvalue weighted by molar-refractivity contribution is 5.60. The summed E-state index contributed by atoms with van der Waals surface area (Å²) in [7, 11) is 1.62. The van der Waals surface area contributed by atoms with Gasteiger partial charge >= 0.3 is 0 Å². The summed E-state index contributed by atoms with van der Waals surface area (Å²) in [6.45, 7) is 0. The van der Waals surface area contributed by atoms with Crippen molar-refractivity contribution in [1.29, 1.82) is 5.26 Å². The van der Waals surface area contributed by atoms with Crippen LogP contribution < -0.4 is 15.4 Å². The Morgan fingerprint density at radius 2 is 1.88 bits per heavy atom. The normalized spacial score (nSPS) is 9.83. The first-order chi connectivity index (χ1) is 11.8. The van der Waals surface area contributed by atoms with Crippen molar-refractivity contribution >= 4 is 23.1 Å². The number of nitrogens with zero attached hydrogens (tertiary/aromatic N) is 4. The third kappa shape index (κ3) is 3.75. The van der Waals surface area contributed by atoms with Gasteiger partial charge in [0.25, 0.3) is 0 Å². The molecule has 3 rings (SSSR count). The molecular formula is C17H14N6O. The molecule has 0 atom stereocenters. The van der Waals surface area contributed by atoms with Crippen LogP contribution in [0.1, 0.15) is 5.56 Å². The molecule has 3 aromatic rings. The predicted octanol–water partition coefficient (Wildman–Crippen LogP) is 3.24. The lowest BCUT2D eigenvalue weighted by atomic mass is 10.2. The quantitative estimate of drug-likeness (QED) is 0.745. The molecule has 0 amide bonds. The van der Waals surface area contributed by atoms with E-state index in [1.807, 2.05) is 30.3 Å². The van der Waals surface area contributed by atoms with Crippen molar-refractivity contribution in [2.24, 2.45) is 0 Å². The SMILES string of the molecule is COc1ccc(Nc2cnnc(Nc3cccc(C#N)c3)n2)cc1. The van der Waals surface area contributed by atoms with Crippen LogP contribution in [0.15, 0.2) is 54.7 Å². The van der Waals surface area contributed by atoms with Crippen LogP contribution in [0.4, 0.5) is 23.1 Å². The van der Waals surface area contributed by atoms with E-state index in [-0.39, 0.29) is 0 Å². The third-order valence-corrected chi connectivity index (χ3v) is 3.17. The Morgan fingerprint density at radius 1 is 1.04 bits per heavy atom. The molecule has 7 nitrogen and oxygen atoms in total. The number of nitrogens with one attached hydrogen (secondary N) is 2. The van der Waals surface area contributed by atoms with Gasteiger partial charge in [0.1, 0.15) is 5.75 Å². The molecular weight excluding hydrogens is 304 g/mol. The molecule has 0 saturated carbocycles. The summed E-state index contributed by atoms with van der Waals surface area (Å²) >= 11 is 0. The number of aromatic nitrogens is 3. The zero-order valence-corrected chi connectivity index (χ0v) is 12.9. The lowest BCUT2D eigenvalue weighted by Crippen LogP contribution is -2.02. The number of nitriles is 1. The van der Waals surface area contributed by atoms with Gasteiger partial charge in [0, 0.05) is 11.4 Å². The Hall–Kier alpha value is -3.66. The maximum atomic E-state index is 8.93. The number of benzene rings is 2. The summed E-state index contributed by atoms with van der Waals surface area (Å²) in [6.07, 6.45) is 1.53. The average Bonchev–Trinajstić information content (AvgIpc) is 2.63. The minimum Gasteiger partial charge on any atom is -0.497 e. The third-order valence-electron chi connectivity index (χ3n) is 3.17.